The summed E-state index contributed by atoms with van der Waals surface area (Å²) in [6.07, 6.45) is 1.70. The van der Waals surface area contributed by atoms with Gasteiger partial charge in [-0.15, -0.1) is 0 Å². The van der Waals surface area contributed by atoms with Crippen molar-refractivity contribution < 1.29 is 14.3 Å². The second-order valence-electron chi connectivity index (χ2n) is 7.81. The monoisotopic (exact) mass is 496 g/mol. The third kappa shape index (κ3) is 4.56. The van der Waals surface area contributed by atoms with Gasteiger partial charge in [0.05, 0.1) is 46.2 Å². The standard InChI is InChI=1S/C27H20N4O4S/c1-35-26(34)17-12-13-20-23(15-17)30-27(31(25(20)33)18-7-3-2-4-8-18)36-16-24(32)29-22-11-5-10-21-19(22)9-6-14-28-21/h2-15H,16H2,1H3,(H,29,32). The van der Waals surface area contributed by atoms with E-state index in [2.05, 4.69) is 15.3 Å². The maximum Gasteiger partial charge on any atom is 0.337 e. The molecule has 2 aromatic heterocycles. The number of amides is 1. The second kappa shape index (κ2) is 10.0. The molecule has 178 valence electrons. The van der Waals surface area contributed by atoms with Crippen LogP contribution in [-0.2, 0) is 9.53 Å². The molecule has 0 saturated heterocycles. The third-order valence-electron chi connectivity index (χ3n) is 5.53. The number of methoxy groups -OCH3 is 1. The molecule has 0 aliphatic carbocycles. The molecule has 0 fully saturated rings. The van der Waals surface area contributed by atoms with Crippen LogP contribution in [0.4, 0.5) is 5.69 Å². The number of carbonyl (C=O) groups excluding carboxylic acids is 2. The number of para-hydroxylation sites is 1. The number of aromatic nitrogens is 3. The summed E-state index contributed by atoms with van der Waals surface area (Å²) in [5, 5.41) is 4.43. The molecule has 2 heterocycles. The Balaban J connectivity index is 1.50. The fourth-order valence-corrected chi connectivity index (χ4v) is 4.65. The summed E-state index contributed by atoms with van der Waals surface area (Å²) in [6, 6.07) is 22.9. The molecule has 0 radical (unpaired) electrons. The van der Waals surface area contributed by atoms with E-state index in [4.69, 9.17) is 4.74 Å². The molecule has 1 amide bonds. The number of carbonyl (C=O) groups is 2. The Hall–Kier alpha value is -4.50. The minimum Gasteiger partial charge on any atom is -0.465 e. The maximum absolute atomic E-state index is 13.5. The highest BCUT2D eigenvalue weighted by Crippen LogP contribution is 2.24. The van der Waals surface area contributed by atoms with Crippen molar-refractivity contribution in [2.24, 2.45) is 0 Å². The Kier molecular flexibility index (Phi) is 6.46. The van der Waals surface area contributed by atoms with Crippen LogP contribution in [0.5, 0.6) is 0 Å². The molecule has 5 rings (SSSR count). The van der Waals surface area contributed by atoms with E-state index in [0.717, 1.165) is 22.7 Å². The Morgan fingerprint density at radius 3 is 2.58 bits per heavy atom. The summed E-state index contributed by atoms with van der Waals surface area (Å²) in [4.78, 5) is 47.3. The van der Waals surface area contributed by atoms with Crippen molar-refractivity contribution in [1.82, 2.24) is 14.5 Å². The molecular formula is C27H20N4O4S. The first-order valence-electron chi connectivity index (χ1n) is 11.0. The first-order chi connectivity index (χ1) is 17.5. The van der Waals surface area contributed by atoms with Gasteiger partial charge in [0, 0.05) is 11.6 Å². The van der Waals surface area contributed by atoms with E-state index >= 15 is 0 Å². The smallest absolute Gasteiger partial charge is 0.337 e. The van der Waals surface area contributed by atoms with Gasteiger partial charge >= 0.3 is 5.97 Å². The average molecular weight is 497 g/mol. The number of hydrogen-bond acceptors (Lipinski definition) is 7. The molecule has 5 aromatic rings. The van der Waals surface area contributed by atoms with Gasteiger partial charge in [-0.3, -0.25) is 19.1 Å². The van der Waals surface area contributed by atoms with E-state index in [-0.39, 0.29) is 22.8 Å². The molecule has 0 spiro atoms. The number of thioether (sulfide) groups is 1. The van der Waals surface area contributed by atoms with Crippen LogP contribution in [0.2, 0.25) is 0 Å². The van der Waals surface area contributed by atoms with Gasteiger partial charge in [0.15, 0.2) is 5.16 Å². The quantitative estimate of drug-likeness (QED) is 0.210. The predicted octanol–water partition coefficient (Wildman–Crippen LogP) is 4.45. The van der Waals surface area contributed by atoms with E-state index in [0.29, 0.717) is 27.4 Å². The van der Waals surface area contributed by atoms with E-state index in [1.54, 1.807) is 24.4 Å². The van der Waals surface area contributed by atoms with Gasteiger partial charge in [-0.25, -0.2) is 9.78 Å². The molecule has 0 atom stereocenters. The van der Waals surface area contributed by atoms with Crippen molar-refractivity contribution >= 4 is 51.1 Å². The molecule has 0 aliphatic rings. The fourth-order valence-electron chi connectivity index (χ4n) is 3.84. The highest BCUT2D eigenvalue weighted by molar-refractivity contribution is 7.99. The summed E-state index contributed by atoms with van der Waals surface area (Å²) in [5.74, 6) is -0.768. The Bertz CT molecular complexity index is 1660. The summed E-state index contributed by atoms with van der Waals surface area (Å²) < 4.78 is 6.26. The number of esters is 1. The molecular weight excluding hydrogens is 476 g/mol. The molecule has 3 aromatic carbocycles. The number of hydrogen-bond donors (Lipinski definition) is 1. The highest BCUT2D eigenvalue weighted by atomic mass is 32.2. The summed E-state index contributed by atoms with van der Waals surface area (Å²) >= 11 is 1.13. The second-order valence-corrected chi connectivity index (χ2v) is 8.75. The molecule has 0 aliphatic heterocycles. The van der Waals surface area contributed by atoms with E-state index in [1.165, 1.54) is 23.8 Å². The molecule has 36 heavy (non-hydrogen) atoms. The first-order valence-corrected chi connectivity index (χ1v) is 12.0. The lowest BCUT2D eigenvalue weighted by atomic mass is 10.1. The van der Waals surface area contributed by atoms with Crippen LogP contribution in [0, 0.1) is 0 Å². The molecule has 0 saturated carbocycles. The zero-order valence-electron chi connectivity index (χ0n) is 19.2. The van der Waals surface area contributed by atoms with Crippen molar-refractivity contribution in [1.29, 1.82) is 0 Å². The first kappa shape index (κ1) is 23.3. The minimum absolute atomic E-state index is 0.0120. The highest BCUT2D eigenvalue weighted by Gasteiger charge is 2.17. The third-order valence-corrected chi connectivity index (χ3v) is 6.46. The molecule has 8 nitrogen and oxygen atoms in total. The average Bonchev–Trinajstić information content (AvgIpc) is 2.92. The van der Waals surface area contributed by atoms with Crippen molar-refractivity contribution in [2.45, 2.75) is 5.16 Å². The zero-order chi connectivity index (χ0) is 25.1. The van der Waals surface area contributed by atoms with Gasteiger partial charge in [-0.1, -0.05) is 36.0 Å². The number of nitrogens with zero attached hydrogens (tertiary/aromatic N) is 3. The lowest BCUT2D eigenvalue weighted by molar-refractivity contribution is -0.113. The number of nitrogens with one attached hydrogen (secondary N) is 1. The van der Waals surface area contributed by atoms with Crippen LogP contribution in [-0.4, -0.2) is 39.3 Å². The summed E-state index contributed by atoms with van der Waals surface area (Å²) in [7, 11) is 1.29. The molecule has 1 N–H and O–H groups in total. The van der Waals surface area contributed by atoms with Crippen LogP contribution in [0.15, 0.2) is 95.0 Å². The van der Waals surface area contributed by atoms with Crippen LogP contribution >= 0.6 is 11.8 Å². The van der Waals surface area contributed by atoms with Crippen molar-refractivity contribution in [3.05, 3.63) is 101 Å². The van der Waals surface area contributed by atoms with Gasteiger partial charge < -0.3 is 10.1 Å². The number of anilines is 1. The van der Waals surface area contributed by atoms with E-state index in [1.807, 2.05) is 48.5 Å². The zero-order valence-corrected chi connectivity index (χ0v) is 20.0. The predicted molar refractivity (Wildman–Crippen MR) is 140 cm³/mol. The largest absolute Gasteiger partial charge is 0.465 e. The van der Waals surface area contributed by atoms with Crippen molar-refractivity contribution in [3.63, 3.8) is 0 Å². The molecule has 0 unspecified atom stereocenters. The number of fused-ring (bicyclic) bond motifs is 2. The SMILES string of the molecule is COC(=O)c1ccc2c(=O)n(-c3ccccc3)c(SCC(=O)Nc3cccc4ncccc34)nc2c1. The summed E-state index contributed by atoms with van der Waals surface area (Å²) in [6.45, 7) is 0. The molecule has 9 heteroatoms. The van der Waals surface area contributed by atoms with Crippen LogP contribution in [0.1, 0.15) is 10.4 Å². The van der Waals surface area contributed by atoms with Gasteiger partial charge in [-0.2, -0.15) is 0 Å². The van der Waals surface area contributed by atoms with Gasteiger partial charge in [0.25, 0.3) is 5.56 Å². The molecule has 0 bridgehead atoms. The van der Waals surface area contributed by atoms with Crippen molar-refractivity contribution in [2.75, 3.05) is 18.2 Å². The van der Waals surface area contributed by atoms with Crippen LogP contribution in [0.3, 0.4) is 0 Å². The normalized spacial score (nSPS) is 10.9. The number of rotatable bonds is 6. The van der Waals surface area contributed by atoms with Gasteiger partial charge in [0.1, 0.15) is 0 Å². The minimum atomic E-state index is -0.524. The van der Waals surface area contributed by atoms with Crippen molar-refractivity contribution in [3.8, 4) is 5.69 Å². The van der Waals surface area contributed by atoms with Crippen LogP contribution in [0.25, 0.3) is 27.5 Å². The van der Waals surface area contributed by atoms with E-state index < -0.39 is 5.97 Å². The van der Waals surface area contributed by atoms with Gasteiger partial charge in [0.2, 0.25) is 5.91 Å². The Labute approximate surface area is 210 Å². The van der Waals surface area contributed by atoms with E-state index in [9.17, 15) is 14.4 Å². The number of pyridine rings is 1. The lowest BCUT2D eigenvalue weighted by Gasteiger charge is -2.14. The van der Waals surface area contributed by atoms with Gasteiger partial charge in [-0.05, 0) is 54.6 Å². The lowest BCUT2D eigenvalue weighted by Crippen LogP contribution is -2.23. The Morgan fingerprint density at radius 2 is 1.78 bits per heavy atom. The maximum atomic E-state index is 13.5. The Morgan fingerprint density at radius 1 is 0.944 bits per heavy atom. The number of benzene rings is 3. The topological polar surface area (TPSA) is 103 Å². The number of ether oxygens (including phenoxy) is 1. The fraction of sp³-hybridized carbons (Fsp3) is 0.0741. The summed E-state index contributed by atoms with van der Waals surface area (Å²) in [5.41, 5.74) is 2.38. The van der Waals surface area contributed by atoms with Crippen LogP contribution < -0.4 is 10.9 Å².